The summed E-state index contributed by atoms with van der Waals surface area (Å²) in [5.41, 5.74) is 2.33. The first-order valence-corrected chi connectivity index (χ1v) is 7.74. The zero-order valence-electron chi connectivity index (χ0n) is 11.4. The van der Waals surface area contributed by atoms with Gasteiger partial charge < -0.3 is 4.90 Å². The standard InChI is InChI=1S/C17H14IN3/c18-15-4-6-16(7-5-15)21(17-3-1-2-10-20-17)13-14-8-11-19-12-9-14/h1-12H,13H2. The predicted molar refractivity (Wildman–Crippen MR) is 93.5 cm³/mol. The Morgan fingerprint density at radius 3 is 2.29 bits per heavy atom. The van der Waals surface area contributed by atoms with Crippen LogP contribution in [0.15, 0.2) is 73.2 Å². The highest BCUT2D eigenvalue weighted by molar-refractivity contribution is 14.1. The summed E-state index contributed by atoms with van der Waals surface area (Å²) in [5, 5.41) is 0. The molecule has 0 aliphatic rings. The quantitative estimate of drug-likeness (QED) is 0.621. The summed E-state index contributed by atoms with van der Waals surface area (Å²) in [5.74, 6) is 0.940. The average Bonchev–Trinajstić information content (AvgIpc) is 2.55. The van der Waals surface area contributed by atoms with Crippen LogP contribution in [0.5, 0.6) is 0 Å². The van der Waals surface area contributed by atoms with E-state index in [1.165, 1.54) is 9.13 Å². The van der Waals surface area contributed by atoms with Crippen LogP contribution >= 0.6 is 22.6 Å². The molecule has 0 unspecified atom stereocenters. The zero-order valence-corrected chi connectivity index (χ0v) is 13.5. The third-order valence-electron chi connectivity index (χ3n) is 3.15. The molecule has 104 valence electrons. The maximum absolute atomic E-state index is 4.48. The summed E-state index contributed by atoms with van der Waals surface area (Å²) < 4.78 is 1.22. The van der Waals surface area contributed by atoms with Gasteiger partial charge in [0.15, 0.2) is 0 Å². The lowest BCUT2D eigenvalue weighted by molar-refractivity contribution is 0.943. The number of pyridine rings is 2. The maximum atomic E-state index is 4.48. The summed E-state index contributed by atoms with van der Waals surface area (Å²) in [6, 6.07) is 18.5. The Morgan fingerprint density at radius 2 is 1.62 bits per heavy atom. The van der Waals surface area contributed by atoms with Gasteiger partial charge in [0.2, 0.25) is 0 Å². The Kier molecular flexibility index (Phi) is 4.45. The molecule has 3 aromatic rings. The van der Waals surface area contributed by atoms with Gasteiger partial charge in [0, 0.05) is 34.4 Å². The van der Waals surface area contributed by atoms with Gasteiger partial charge in [-0.05, 0) is 76.7 Å². The molecule has 0 bridgehead atoms. The molecule has 0 saturated heterocycles. The van der Waals surface area contributed by atoms with Crippen LogP contribution < -0.4 is 4.90 Å². The molecule has 3 nitrogen and oxygen atoms in total. The fourth-order valence-electron chi connectivity index (χ4n) is 2.11. The second-order valence-corrected chi connectivity index (χ2v) is 5.85. The van der Waals surface area contributed by atoms with E-state index in [0.29, 0.717) is 0 Å². The van der Waals surface area contributed by atoms with Crippen LogP contribution in [0.3, 0.4) is 0 Å². The van der Waals surface area contributed by atoms with E-state index in [0.717, 1.165) is 18.1 Å². The Balaban J connectivity index is 1.97. The van der Waals surface area contributed by atoms with Crippen molar-refractivity contribution in [1.82, 2.24) is 9.97 Å². The predicted octanol–water partition coefficient (Wildman–Crippen LogP) is 4.42. The Hall–Kier alpha value is -1.95. The molecule has 3 rings (SSSR count). The van der Waals surface area contributed by atoms with E-state index in [9.17, 15) is 0 Å². The maximum Gasteiger partial charge on any atom is 0.133 e. The van der Waals surface area contributed by atoms with Crippen LogP contribution in [0.2, 0.25) is 0 Å². The van der Waals surface area contributed by atoms with Crippen molar-refractivity contribution in [2.45, 2.75) is 6.54 Å². The van der Waals surface area contributed by atoms with E-state index in [2.05, 4.69) is 61.7 Å². The molecule has 0 N–H and O–H groups in total. The summed E-state index contributed by atoms with van der Waals surface area (Å²) in [6.07, 6.45) is 5.46. The van der Waals surface area contributed by atoms with Gasteiger partial charge >= 0.3 is 0 Å². The second-order valence-electron chi connectivity index (χ2n) is 4.61. The highest BCUT2D eigenvalue weighted by atomic mass is 127. The van der Waals surface area contributed by atoms with Crippen LogP contribution in [-0.2, 0) is 6.54 Å². The molecule has 0 saturated carbocycles. The number of aromatic nitrogens is 2. The lowest BCUT2D eigenvalue weighted by Gasteiger charge is -2.24. The fraction of sp³-hybridized carbons (Fsp3) is 0.0588. The van der Waals surface area contributed by atoms with Crippen LogP contribution in [0.4, 0.5) is 11.5 Å². The molecule has 1 aromatic carbocycles. The number of hydrogen-bond donors (Lipinski definition) is 0. The smallest absolute Gasteiger partial charge is 0.133 e. The zero-order chi connectivity index (χ0) is 14.5. The number of benzene rings is 1. The molecule has 0 atom stereocenters. The van der Waals surface area contributed by atoms with Crippen LogP contribution in [0.25, 0.3) is 0 Å². The molecule has 0 spiro atoms. The van der Waals surface area contributed by atoms with Crippen molar-refractivity contribution in [2.24, 2.45) is 0 Å². The molecule has 2 aromatic heterocycles. The molecule has 0 amide bonds. The molecule has 2 heterocycles. The van der Waals surface area contributed by atoms with Gasteiger partial charge in [0.25, 0.3) is 0 Å². The molecule has 0 aliphatic carbocycles. The van der Waals surface area contributed by atoms with Gasteiger partial charge in [-0.25, -0.2) is 4.98 Å². The number of nitrogens with zero attached hydrogens (tertiary/aromatic N) is 3. The summed E-state index contributed by atoms with van der Waals surface area (Å²) in [7, 11) is 0. The van der Waals surface area contributed by atoms with Crippen molar-refractivity contribution in [3.8, 4) is 0 Å². The van der Waals surface area contributed by atoms with E-state index < -0.39 is 0 Å². The van der Waals surface area contributed by atoms with Gasteiger partial charge in [-0.2, -0.15) is 0 Å². The van der Waals surface area contributed by atoms with Crippen molar-refractivity contribution < 1.29 is 0 Å². The molecule has 21 heavy (non-hydrogen) atoms. The molecule has 0 aliphatic heterocycles. The molecule has 4 heteroatoms. The fourth-order valence-corrected chi connectivity index (χ4v) is 2.47. The third-order valence-corrected chi connectivity index (χ3v) is 3.87. The SMILES string of the molecule is Ic1ccc(N(Cc2ccncc2)c2ccccn2)cc1. The average molecular weight is 387 g/mol. The Labute approximate surface area is 137 Å². The lowest BCUT2D eigenvalue weighted by Crippen LogP contribution is -2.17. The molecular formula is C17H14IN3. The monoisotopic (exact) mass is 387 g/mol. The van der Waals surface area contributed by atoms with E-state index in [4.69, 9.17) is 0 Å². The van der Waals surface area contributed by atoms with E-state index >= 15 is 0 Å². The Morgan fingerprint density at radius 1 is 0.857 bits per heavy atom. The molecule has 0 fully saturated rings. The van der Waals surface area contributed by atoms with Gasteiger partial charge in [-0.3, -0.25) is 4.98 Å². The second kappa shape index (κ2) is 6.67. The largest absolute Gasteiger partial charge is 0.322 e. The minimum atomic E-state index is 0.764. The highest BCUT2D eigenvalue weighted by Gasteiger charge is 2.11. The minimum Gasteiger partial charge on any atom is -0.322 e. The van der Waals surface area contributed by atoms with Crippen LogP contribution in [0.1, 0.15) is 5.56 Å². The summed E-state index contributed by atoms with van der Waals surface area (Å²) >= 11 is 2.32. The van der Waals surface area contributed by atoms with Crippen LogP contribution in [-0.4, -0.2) is 9.97 Å². The number of hydrogen-bond acceptors (Lipinski definition) is 3. The van der Waals surface area contributed by atoms with Crippen molar-refractivity contribution in [2.75, 3.05) is 4.90 Å². The molecule has 0 radical (unpaired) electrons. The molecular weight excluding hydrogens is 373 g/mol. The Bertz CT molecular complexity index is 684. The normalized spacial score (nSPS) is 10.3. The van der Waals surface area contributed by atoms with Crippen molar-refractivity contribution in [3.63, 3.8) is 0 Å². The third kappa shape index (κ3) is 3.58. The van der Waals surface area contributed by atoms with Crippen molar-refractivity contribution in [1.29, 1.82) is 0 Å². The van der Waals surface area contributed by atoms with Gasteiger partial charge in [0.1, 0.15) is 5.82 Å². The van der Waals surface area contributed by atoms with Gasteiger partial charge in [0.05, 0.1) is 0 Å². The minimum absolute atomic E-state index is 0.764. The first-order chi connectivity index (χ1) is 10.3. The van der Waals surface area contributed by atoms with E-state index in [-0.39, 0.29) is 0 Å². The number of halogens is 1. The van der Waals surface area contributed by atoms with Gasteiger partial charge in [-0.15, -0.1) is 0 Å². The van der Waals surface area contributed by atoms with Crippen LogP contribution in [0, 0.1) is 3.57 Å². The number of anilines is 2. The van der Waals surface area contributed by atoms with Gasteiger partial charge in [-0.1, -0.05) is 6.07 Å². The van der Waals surface area contributed by atoms with E-state index in [1.807, 2.05) is 48.9 Å². The topological polar surface area (TPSA) is 29.0 Å². The first-order valence-electron chi connectivity index (χ1n) is 6.66. The first kappa shape index (κ1) is 14.0. The number of rotatable bonds is 4. The van der Waals surface area contributed by atoms with Crippen molar-refractivity contribution >= 4 is 34.1 Å². The highest BCUT2D eigenvalue weighted by Crippen LogP contribution is 2.26. The van der Waals surface area contributed by atoms with Crippen molar-refractivity contribution in [3.05, 3.63) is 82.3 Å². The van der Waals surface area contributed by atoms with E-state index in [1.54, 1.807) is 0 Å². The lowest BCUT2D eigenvalue weighted by atomic mass is 10.2. The summed E-state index contributed by atoms with van der Waals surface area (Å²) in [6.45, 7) is 0.764. The summed E-state index contributed by atoms with van der Waals surface area (Å²) in [4.78, 5) is 10.8.